The largest absolute Gasteiger partial charge is 0.387 e. The molecule has 1 spiro atoms. The van der Waals surface area contributed by atoms with E-state index in [9.17, 15) is 15.0 Å². The fourth-order valence-corrected chi connectivity index (χ4v) is 5.11. The minimum atomic E-state index is -1.12. The first-order valence-electron chi connectivity index (χ1n) is 11.4. The van der Waals surface area contributed by atoms with Crippen molar-refractivity contribution in [3.05, 3.63) is 23.8 Å². The Kier molecular flexibility index (Phi) is 6.38. The third-order valence-corrected chi connectivity index (χ3v) is 6.80. The van der Waals surface area contributed by atoms with E-state index in [2.05, 4.69) is 25.2 Å². The lowest BCUT2D eigenvalue weighted by Crippen LogP contribution is -2.50. The number of ether oxygens (including phenoxy) is 3. The summed E-state index contributed by atoms with van der Waals surface area (Å²) in [6, 6.07) is -0.533. The van der Waals surface area contributed by atoms with E-state index in [1.54, 1.807) is 0 Å². The zero-order chi connectivity index (χ0) is 21.5. The summed E-state index contributed by atoms with van der Waals surface area (Å²) in [5, 5.41) is 23.3. The van der Waals surface area contributed by atoms with Gasteiger partial charge in [-0.1, -0.05) is 57.3 Å². The van der Waals surface area contributed by atoms with Crippen molar-refractivity contribution in [2.24, 2.45) is 5.92 Å². The highest BCUT2D eigenvalue weighted by Crippen LogP contribution is 2.58. The maximum atomic E-state index is 12.4. The van der Waals surface area contributed by atoms with Crippen molar-refractivity contribution in [1.29, 1.82) is 0 Å². The van der Waals surface area contributed by atoms with Gasteiger partial charge in [0.15, 0.2) is 6.29 Å². The number of fused-ring (bicyclic) bond motifs is 4. The fraction of sp³-hybridized carbons (Fsp3) is 0.783. The van der Waals surface area contributed by atoms with Crippen LogP contribution in [0, 0.1) is 5.92 Å². The number of rotatable bonds is 9. The standard InChI is InChI=1S/C23H35NO6/c1-4-5-6-7-8-13(2)11-14(3)9-10-16(25)24-15-12-23(30-22(15)27)20-18(28-20)17(26)19-21(23)29-19/h9-11,13,15,17-22,26-27H,4-8,12H2,1-3H3,(H,24,25)/b10-9+,14-11+/t13-,15+,17?,18-,19-,20+,21+,22+,23?/m0/s1. The average Bonchev–Trinajstić information content (AvgIpc) is 3.60. The molecule has 0 radical (unpaired) electrons. The van der Waals surface area contributed by atoms with Crippen LogP contribution in [0.3, 0.4) is 0 Å². The highest BCUT2D eigenvalue weighted by atomic mass is 16.7. The second-order valence-corrected chi connectivity index (χ2v) is 9.39. The minimum Gasteiger partial charge on any atom is -0.387 e. The normalized spacial score (nSPS) is 42.8. The Hall–Kier alpha value is -1.25. The SMILES string of the molecule is CCCCCC[C@H](C)/C=C(C)/C=C/C(=O)N[C@@H]1CC2(O[C@H]1O)[C@@H]1O[C@H]1C(O)[C@@H]1O[C@H]12. The van der Waals surface area contributed by atoms with Crippen molar-refractivity contribution in [2.45, 2.75) is 108 Å². The molecule has 0 bridgehead atoms. The topological polar surface area (TPSA) is 104 Å². The summed E-state index contributed by atoms with van der Waals surface area (Å²) in [6.45, 7) is 6.42. The fourth-order valence-electron chi connectivity index (χ4n) is 5.11. The monoisotopic (exact) mass is 421 g/mol. The molecule has 4 rings (SSSR count). The molecule has 3 saturated heterocycles. The van der Waals surface area contributed by atoms with E-state index in [0.717, 1.165) is 12.0 Å². The van der Waals surface area contributed by atoms with Crippen molar-refractivity contribution in [3.63, 3.8) is 0 Å². The van der Waals surface area contributed by atoms with Crippen LogP contribution in [-0.4, -0.2) is 64.6 Å². The number of amides is 1. The summed E-state index contributed by atoms with van der Waals surface area (Å²) in [6.07, 6.45) is 9.20. The molecule has 0 unspecified atom stereocenters. The van der Waals surface area contributed by atoms with Crippen molar-refractivity contribution < 1.29 is 29.2 Å². The van der Waals surface area contributed by atoms with Crippen molar-refractivity contribution in [3.8, 4) is 0 Å². The summed E-state index contributed by atoms with van der Waals surface area (Å²) in [7, 11) is 0. The van der Waals surface area contributed by atoms with Crippen LogP contribution in [0.25, 0.3) is 0 Å². The Morgan fingerprint density at radius 2 is 1.87 bits per heavy atom. The number of hydrogen-bond acceptors (Lipinski definition) is 6. The summed E-state index contributed by atoms with van der Waals surface area (Å²) < 4.78 is 17.0. The zero-order valence-corrected chi connectivity index (χ0v) is 18.1. The van der Waals surface area contributed by atoms with Crippen molar-refractivity contribution >= 4 is 5.91 Å². The van der Waals surface area contributed by atoms with Crippen molar-refractivity contribution in [1.82, 2.24) is 5.32 Å². The van der Waals surface area contributed by atoms with E-state index in [4.69, 9.17) is 14.2 Å². The molecule has 7 heteroatoms. The van der Waals surface area contributed by atoms with Gasteiger partial charge in [0, 0.05) is 12.5 Å². The van der Waals surface area contributed by atoms with E-state index in [0.29, 0.717) is 12.3 Å². The molecule has 7 nitrogen and oxygen atoms in total. The summed E-state index contributed by atoms with van der Waals surface area (Å²) in [4.78, 5) is 12.4. The van der Waals surface area contributed by atoms with Gasteiger partial charge in [0.25, 0.3) is 0 Å². The van der Waals surface area contributed by atoms with Crippen LogP contribution in [0.4, 0.5) is 0 Å². The number of epoxide rings is 2. The molecule has 0 aromatic heterocycles. The van der Waals surface area contributed by atoms with Gasteiger partial charge in [-0.25, -0.2) is 0 Å². The number of nitrogens with one attached hydrogen (secondary N) is 1. The van der Waals surface area contributed by atoms with Crippen LogP contribution in [0.15, 0.2) is 23.8 Å². The van der Waals surface area contributed by atoms with Gasteiger partial charge in [0.1, 0.15) is 36.1 Å². The second kappa shape index (κ2) is 8.71. The lowest BCUT2D eigenvalue weighted by molar-refractivity contribution is -0.160. The molecular formula is C23H35NO6. The van der Waals surface area contributed by atoms with Gasteiger partial charge in [-0.2, -0.15) is 0 Å². The number of aliphatic hydroxyl groups is 2. The predicted octanol–water partition coefficient (Wildman–Crippen LogP) is 1.97. The molecule has 30 heavy (non-hydrogen) atoms. The van der Waals surface area contributed by atoms with Gasteiger partial charge in [0.05, 0.1) is 6.04 Å². The van der Waals surface area contributed by atoms with Crippen LogP contribution in [0.5, 0.6) is 0 Å². The summed E-state index contributed by atoms with van der Waals surface area (Å²) in [5.74, 6) is 0.222. The Bertz CT molecular complexity index is 688. The summed E-state index contributed by atoms with van der Waals surface area (Å²) >= 11 is 0. The Morgan fingerprint density at radius 1 is 1.17 bits per heavy atom. The van der Waals surface area contributed by atoms with Crippen LogP contribution in [0.2, 0.25) is 0 Å². The maximum Gasteiger partial charge on any atom is 0.244 e. The number of allylic oxidation sites excluding steroid dienone is 3. The van der Waals surface area contributed by atoms with Gasteiger partial charge in [-0.15, -0.1) is 0 Å². The molecule has 4 aliphatic rings. The van der Waals surface area contributed by atoms with Gasteiger partial charge in [0.2, 0.25) is 5.91 Å². The highest BCUT2D eigenvalue weighted by Gasteiger charge is 2.78. The lowest BCUT2D eigenvalue weighted by Gasteiger charge is -2.28. The van der Waals surface area contributed by atoms with Gasteiger partial charge < -0.3 is 29.7 Å². The molecule has 168 valence electrons. The van der Waals surface area contributed by atoms with E-state index in [-0.39, 0.29) is 30.3 Å². The Balaban J connectivity index is 1.26. The smallest absolute Gasteiger partial charge is 0.244 e. The Labute approximate surface area is 178 Å². The molecule has 1 aliphatic carbocycles. The molecule has 0 aromatic carbocycles. The van der Waals surface area contributed by atoms with Crippen LogP contribution < -0.4 is 5.32 Å². The number of carbonyl (C=O) groups is 1. The quantitative estimate of drug-likeness (QED) is 0.228. The summed E-state index contributed by atoms with van der Waals surface area (Å²) in [5.41, 5.74) is 0.274. The minimum absolute atomic E-state index is 0.263. The predicted molar refractivity (Wildman–Crippen MR) is 111 cm³/mol. The molecule has 3 heterocycles. The first-order chi connectivity index (χ1) is 14.4. The molecule has 1 saturated carbocycles. The molecule has 4 fully saturated rings. The zero-order valence-electron chi connectivity index (χ0n) is 18.1. The number of aliphatic hydroxyl groups excluding tert-OH is 2. The molecule has 0 aromatic rings. The molecule has 1 amide bonds. The van der Waals surface area contributed by atoms with Gasteiger partial charge >= 0.3 is 0 Å². The van der Waals surface area contributed by atoms with Crippen LogP contribution in [0.1, 0.15) is 59.3 Å². The molecule has 3 N–H and O–H groups in total. The first-order valence-corrected chi connectivity index (χ1v) is 11.4. The maximum absolute atomic E-state index is 12.4. The van der Waals surface area contributed by atoms with Crippen molar-refractivity contribution in [2.75, 3.05) is 0 Å². The number of hydrogen-bond donors (Lipinski definition) is 3. The molecular weight excluding hydrogens is 386 g/mol. The van der Waals surface area contributed by atoms with Crippen LogP contribution >= 0.6 is 0 Å². The average molecular weight is 422 g/mol. The van der Waals surface area contributed by atoms with Gasteiger partial charge in [-0.05, 0) is 19.3 Å². The van der Waals surface area contributed by atoms with E-state index in [1.807, 2.05) is 13.0 Å². The van der Waals surface area contributed by atoms with E-state index < -0.39 is 24.0 Å². The lowest BCUT2D eigenvalue weighted by atomic mass is 9.80. The van der Waals surface area contributed by atoms with Crippen LogP contribution in [-0.2, 0) is 19.0 Å². The van der Waals surface area contributed by atoms with Gasteiger partial charge in [-0.3, -0.25) is 4.79 Å². The molecule has 7 atom stereocenters. The highest BCUT2D eigenvalue weighted by molar-refractivity contribution is 5.88. The van der Waals surface area contributed by atoms with E-state index in [1.165, 1.54) is 31.8 Å². The van der Waals surface area contributed by atoms with E-state index >= 15 is 0 Å². The number of carbonyl (C=O) groups excluding carboxylic acids is 1. The molecule has 3 aliphatic heterocycles. The first kappa shape index (κ1) is 22.0. The third kappa shape index (κ3) is 4.36. The second-order valence-electron chi connectivity index (χ2n) is 9.39. The third-order valence-electron chi connectivity index (χ3n) is 6.80. The number of unbranched alkanes of at least 4 members (excludes halogenated alkanes) is 3. The Morgan fingerprint density at radius 3 is 2.53 bits per heavy atom.